The number of hydrogen-bond acceptors (Lipinski definition) is 7. The number of nitrogens with zero attached hydrogens (tertiary/aromatic N) is 2. The number of hydrogen-bond donors (Lipinski definition) is 2. The number of rotatable bonds is 1. The zero-order valence-electron chi connectivity index (χ0n) is 14.7. The average Bonchev–Trinajstić information content (AvgIpc) is 3.25. The number of nitrogen functional groups attached to an aromatic ring is 1. The molecule has 3 N–H and O–H groups in total. The van der Waals surface area contributed by atoms with E-state index in [1.54, 1.807) is 0 Å². The number of nitrogens with two attached hydrogens (primary N) is 1. The molecule has 4 heterocycles. The van der Waals surface area contributed by atoms with E-state index >= 15 is 0 Å². The number of carbonyl (C=O) groups excluding carboxylic acids is 1. The van der Waals surface area contributed by atoms with Crippen LogP contribution < -0.4 is 20.8 Å². The summed E-state index contributed by atoms with van der Waals surface area (Å²) >= 11 is 1.37. The fourth-order valence-corrected chi connectivity index (χ4v) is 5.34. The van der Waals surface area contributed by atoms with Crippen molar-refractivity contribution >= 4 is 23.2 Å². The molecule has 1 aliphatic carbocycles. The lowest BCUT2D eigenvalue weighted by Gasteiger charge is -2.39. The van der Waals surface area contributed by atoms with Gasteiger partial charge in [0.1, 0.15) is 18.1 Å². The standard InChI is InChI=1S/C18H20N4O4S/c19-17-20-14-10(15(23)21-17)1-2-18(14)3-5-22(6-4-18)16(24)13-12-11(9-27-13)25-7-8-26-12/h9H,1-8H2,(H3,19,20,21,23). The molecule has 1 saturated heterocycles. The van der Waals surface area contributed by atoms with Crippen molar-refractivity contribution in [2.75, 3.05) is 32.0 Å². The van der Waals surface area contributed by atoms with Gasteiger partial charge in [0.2, 0.25) is 5.95 Å². The second-order valence-electron chi connectivity index (χ2n) is 7.31. The van der Waals surface area contributed by atoms with Crippen molar-refractivity contribution in [1.82, 2.24) is 14.9 Å². The molecule has 0 bridgehead atoms. The van der Waals surface area contributed by atoms with Crippen molar-refractivity contribution in [3.63, 3.8) is 0 Å². The average molecular weight is 388 g/mol. The number of amides is 1. The number of nitrogens with one attached hydrogen (secondary N) is 1. The highest BCUT2D eigenvalue weighted by molar-refractivity contribution is 7.12. The van der Waals surface area contributed by atoms with Gasteiger partial charge in [-0.3, -0.25) is 14.6 Å². The maximum atomic E-state index is 13.0. The molecule has 0 atom stereocenters. The SMILES string of the molecule is Nc1nc2c(c(=O)[nH]1)CCC21CCN(C(=O)c2scc3c2OCCO3)CC1. The number of anilines is 1. The molecular weight excluding hydrogens is 368 g/mol. The third kappa shape index (κ3) is 2.52. The van der Waals surface area contributed by atoms with E-state index in [0.29, 0.717) is 42.7 Å². The summed E-state index contributed by atoms with van der Waals surface area (Å²) in [7, 11) is 0. The first-order chi connectivity index (χ1) is 13.1. The summed E-state index contributed by atoms with van der Waals surface area (Å²) in [5, 5.41) is 1.83. The number of ether oxygens (including phenoxy) is 2. The first-order valence-corrected chi connectivity index (χ1v) is 10.0. The summed E-state index contributed by atoms with van der Waals surface area (Å²) in [5.41, 5.74) is 7.08. The fraction of sp³-hybridized carbons (Fsp3) is 0.500. The molecule has 2 aromatic heterocycles. The Kier molecular flexibility index (Phi) is 3.68. The van der Waals surface area contributed by atoms with E-state index in [0.717, 1.165) is 36.9 Å². The number of aromatic amines is 1. The highest BCUT2D eigenvalue weighted by atomic mass is 32.1. The van der Waals surface area contributed by atoms with E-state index in [-0.39, 0.29) is 22.8 Å². The van der Waals surface area contributed by atoms with Crippen LogP contribution in [0, 0.1) is 0 Å². The van der Waals surface area contributed by atoms with Gasteiger partial charge in [0.25, 0.3) is 11.5 Å². The van der Waals surface area contributed by atoms with Gasteiger partial charge in [-0.1, -0.05) is 0 Å². The topological polar surface area (TPSA) is 111 Å². The number of H-pyrrole nitrogens is 1. The number of fused-ring (bicyclic) bond motifs is 3. The largest absolute Gasteiger partial charge is 0.485 e. The minimum atomic E-state index is -0.150. The van der Waals surface area contributed by atoms with Gasteiger partial charge in [-0.15, -0.1) is 11.3 Å². The van der Waals surface area contributed by atoms with Crippen molar-refractivity contribution in [3.05, 3.63) is 31.9 Å². The van der Waals surface area contributed by atoms with E-state index in [9.17, 15) is 9.59 Å². The number of aromatic nitrogens is 2. The first-order valence-electron chi connectivity index (χ1n) is 9.13. The lowest BCUT2D eigenvalue weighted by Crippen LogP contribution is -2.44. The van der Waals surface area contributed by atoms with Crippen LogP contribution in [0.2, 0.25) is 0 Å². The van der Waals surface area contributed by atoms with Crippen molar-refractivity contribution in [1.29, 1.82) is 0 Å². The Morgan fingerprint density at radius 3 is 2.85 bits per heavy atom. The summed E-state index contributed by atoms with van der Waals surface area (Å²) in [6, 6.07) is 0. The summed E-state index contributed by atoms with van der Waals surface area (Å²) in [6.07, 6.45) is 3.17. The van der Waals surface area contributed by atoms with E-state index in [1.165, 1.54) is 11.3 Å². The predicted octanol–water partition coefficient (Wildman–Crippen LogP) is 1.30. The molecule has 3 aliphatic rings. The molecule has 2 aliphatic heterocycles. The van der Waals surface area contributed by atoms with Gasteiger partial charge in [-0.05, 0) is 25.7 Å². The number of piperidine rings is 1. The van der Waals surface area contributed by atoms with E-state index < -0.39 is 0 Å². The third-order valence-electron chi connectivity index (χ3n) is 5.89. The lowest BCUT2D eigenvalue weighted by atomic mass is 9.76. The molecule has 0 saturated carbocycles. The highest BCUT2D eigenvalue weighted by Crippen LogP contribution is 2.45. The predicted molar refractivity (Wildman–Crippen MR) is 99.7 cm³/mol. The Morgan fingerprint density at radius 2 is 2.04 bits per heavy atom. The Hall–Kier alpha value is -2.55. The highest BCUT2D eigenvalue weighted by Gasteiger charge is 2.45. The van der Waals surface area contributed by atoms with Gasteiger partial charge in [-0.25, -0.2) is 4.98 Å². The third-order valence-corrected chi connectivity index (χ3v) is 6.82. The zero-order valence-corrected chi connectivity index (χ0v) is 15.6. The summed E-state index contributed by atoms with van der Waals surface area (Å²) < 4.78 is 11.2. The number of likely N-dealkylation sites (tertiary alicyclic amines) is 1. The van der Waals surface area contributed by atoms with Crippen LogP contribution in [-0.2, 0) is 11.8 Å². The van der Waals surface area contributed by atoms with E-state index in [2.05, 4.69) is 9.97 Å². The van der Waals surface area contributed by atoms with E-state index in [4.69, 9.17) is 15.2 Å². The molecule has 1 fully saturated rings. The van der Waals surface area contributed by atoms with Gasteiger partial charge < -0.3 is 20.1 Å². The molecule has 1 amide bonds. The molecule has 9 heteroatoms. The fourth-order valence-electron chi connectivity index (χ4n) is 4.45. The van der Waals surface area contributed by atoms with Crippen molar-refractivity contribution in [3.8, 4) is 11.5 Å². The molecule has 0 radical (unpaired) electrons. The summed E-state index contributed by atoms with van der Waals surface area (Å²) in [6.45, 7) is 2.23. The first kappa shape index (κ1) is 16.6. The van der Waals surface area contributed by atoms with Crippen LogP contribution in [0.25, 0.3) is 0 Å². The molecular formula is C18H20N4O4S. The molecule has 5 rings (SSSR count). The van der Waals surface area contributed by atoms with Crippen LogP contribution in [-0.4, -0.2) is 47.1 Å². The molecule has 1 spiro atoms. The molecule has 27 heavy (non-hydrogen) atoms. The Bertz CT molecular complexity index is 974. The van der Waals surface area contributed by atoms with Crippen molar-refractivity contribution in [2.24, 2.45) is 0 Å². The van der Waals surface area contributed by atoms with Crippen LogP contribution in [0.5, 0.6) is 11.5 Å². The molecule has 8 nitrogen and oxygen atoms in total. The minimum Gasteiger partial charge on any atom is -0.485 e. The van der Waals surface area contributed by atoms with Gasteiger partial charge in [-0.2, -0.15) is 0 Å². The van der Waals surface area contributed by atoms with Crippen LogP contribution in [0.4, 0.5) is 5.95 Å². The second-order valence-corrected chi connectivity index (χ2v) is 8.19. The van der Waals surface area contributed by atoms with Crippen molar-refractivity contribution < 1.29 is 14.3 Å². The maximum Gasteiger partial charge on any atom is 0.267 e. The molecule has 2 aromatic rings. The Morgan fingerprint density at radius 1 is 1.26 bits per heavy atom. The van der Waals surface area contributed by atoms with Gasteiger partial charge in [0.05, 0.1) is 5.69 Å². The molecule has 142 valence electrons. The van der Waals surface area contributed by atoms with Crippen LogP contribution in [0.3, 0.4) is 0 Å². The summed E-state index contributed by atoms with van der Waals surface area (Å²) in [4.78, 5) is 34.7. The monoisotopic (exact) mass is 388 g/mol. The minimum absolute atomic E-state index is 0.0156. The van der Waals surface area contributed by atoms with Gasteiger partial charge in [0, 0.05) is 29.4 Å². The van der Waals surface area contributed by atoms with Crippen molar-refractivity contribution in [2.45, 2.75) is 31.1 Å². The number of thiophene rings is 1. The maximum absolute atomic E-state index is 13.0. The molecule has 0 unspecified atom stereocenters. The zero-order chi connectivity index (χ0) is 18.6. The van der Waals surface area contributed by atoms with Gasteiger partial charge >= 0.3 is 0 Å². The summed E-state index contributed by atoms with van der Waals surface area (Å²) in [5.74, 6) is 1.38. The Labute approximate surface area is 159 Å². The van der Waals surface area contributed by atoms with Crippen LogP contribution in [0.15, 0.2) is 10.2 Å². The van der Waals surface area contributed by atoms with Crippen LogP contribution >= 0.6 is 11.3 Å². The molecule has 0 aromatic carbocycles. The lowest BCUT2D eigenvalue weighted by molar-refractivity contribution is 0.0660. The number of carbonyl (C=O) groups is 1. The Balaban J connectivity index is 1.37. The quantitative estimate of drug-likeness (QED) is 0.762. The van der Waals surface area contributed by atoms with Crippen LogP contribution in [0.1, 0.15) is 40.2 Å². The van der Waals surface area contributed by atoms with Gasteiger partial charge in [0.15, 0.2) is 11.5 Å². The smallest absolute Gasteiger partial charge is 0.267 e. The van der Waals surface area contributed by atoms with E-state index in [1.807, 2.05) is 10.3 Å². The second kappa shape index (κ2) is 5.98. The normalized spacial score (nSPS) is 19.9.